The Labute approximate surface area is 191 Å². The van der Waals surface area contributed by atoms with Gasteiger partial charge in [0.05, 0.1) is 22.3 Å². The molecular weight excluding hydrogens is 422 g/mol. The lowest BCUT2D eigenvalue weighted by atomic mass is 9.86. The molecule has 166 valence electrons. The molecule has 7 nitrogen and oxygen atoms in total. The Morgan fingerprint density at radius 1 is 1.12 bits per heavy atom. The first-order chi connectivity index (χ1) is 15.3. The van der Waals surface area contributed by atoms with Crippen molar-refractivity contribution in [1.29, 1.82) is 0 Å². The van der Waals surface area contributed by atoms with Crippen LogP contribution in [0.25, 0.3) is 10.2 Å². The van der Waals surface area contributed by atoms with Crippen LogP contribution in [0.2, 0.25) is 0 Å². The van der Waals surface area contributed by atoms with Gasteiger partial charge in [0.25, 0.3) is 5.91 Å². The number of rotatable bonds is 4. The molecule has 2 aliphatic rings. The van der Waals surface area contributed by atoms with E-state index in [0.29, 0.717) is 12.8 Å². The number of thiazole rings is 1. The second-order valence-electron chi connectivity index (χ2n) is 8.95. The quantitative estimate of drug-likeness (QED) is 0.610. The van der Waals surface area contributed by atoms with E-state index in [4.69, 9.17) is 0 Å². The minimum Gasteiger partial charge on any atom is -0.323 e. The van der Waals surface area contributed by atoms with Crippen LogP contribution >= 0.6 is 11.3 Å². The number of hydrogen-bond acceptors (Lipinski definition) is 6. The van der Waals surface area contributed by atoms with E-state index in [0.717, 1.165) is 35.6 Å². The number of carbonyl (C=O) groups is 2. The van der Waals surface area contributed by atoms with Crippen LogP contribution in [0.15, 0.2) is 35.8 Å². The number of aryl methyl sites for hydroxylation is 2. The van der Waals surface area contributed by atoms with Crippen LogP contribution in [0.5, 0.6) is 0 Å². The highest BCUT2D eigenvalue weighted by molar-refractivity contribution is 7.16. The normalized spacial score (nSPS) is 19.7. The van der Waals surface area contributed by atoms with E-state index in [1.54, 1.807) is 11.3 Å². The number of piperidine rings is 1. The molecule has 1 atom stereocenters. The van der Waals surface area contributed by atoms with Crippen molar-refractivity contribution in [2.24, 2.45) is 0 Å². The number of likely N-dealkylation sites (tertiary alicyclic amines) is 1. The molecule has 2 aromatic heterocycles. The van der Waals surface area contributed by atoms with Crippen molar-refractivity contribution in [2.75, 3.05) is 13.1 Å². The molecule has 8 heteroatoms. The predicted molar refractivity (Wildman–Crippen MR) is 124 cm³/mol. The fourth-order valence-corrected chi connectivity index (χ4v) is 5.65. The Balaban J connectivity index is 1.28. The summed E-state index contributed by atoms with van der Waals surface area (Å²) < 4.78 is 1.19. The highest BCUT2D eigenvalue weighted by Gasteiger charge is 2.52. The van der Waals surface area contributed by atoms with Crippen molar-refractivity contribution in [3.8, 4) is 0 Å². The molecule has 0 aliphatic carbocycles. The summed E-state index contributed by atoms with van der Waals surface area (Å²) in [6, 6.07) is 10.2. The Morgan fingerprint density at radius 2 is 1.84 bits per heavy atom. The lowest BCUT2D eigenvalue weighted by Crippen LogP contribution is -2.55. The van der Waals surface area contributed by atoms with Gasteiger partial charge in [-0.25, -0.2) is 9.78 Å². The number of fused-ring (bicyclic) bond motifs is 1. The van der Waals surface area contributed by atoms with Gasteiger partial charge in [-0.2, -0.15) is 0 Å². The van der Waals surface area contributed by atoms with E-state index >= 15 is 0 Å². The second kappa shape index (κ2) is 7.94. The Morgan fingerprint density at radius 3 is 2.56 bits per heavy atom. The molecule has 2 saturated heterocycles. The molecule has 2 fully saturated rings. The van der Waals surface area contributed by atoms with Crippen molar-refractivity contribution in [3.05, 3.63) is 58.4 Å². The standard InChI is InChI=1S/C24H27N5O2S/c1-15-10-18(11-16(2)26-15)13-29-22(30)24(27-23(29)31)6-8-28(9-7-24)17(3)19-4-5-21-20(12-19)25-14-32-21/h4-5,10-12,14,17H,6-9,13H2,1-3H3,(H,27,31)/t17-/m1/s1. The fourth-order valence-electron chi connectivity index (χ4n) is 4.99. The van der Waals surface area contributed by atoms with Gasteiger partial charge >= 0.3 is 6.03 Å². The molecule has 0 unspecified atom stereocenters. The van der Waals surface area contributed by atoms with Gasteiger partial charge in [0.1, 0.15) is 5.54 Å². The molecule has 3 aromatic rings. The lowest BCUT2D eigenvalue weighted by Gasteiger charge is -2.40. The van der Waals surface area contributed by atoms with Crippen LogP contribution in [-0.2, 0) is 11.3 Å². The van der Waals surface area contributed by atoms with Gasteiger partial charge < -0.3 is 5.32 Å². The minimum absolute atomic E-state index is 0.106. The summed E-state index contributed by atoms with van der Waals surface area (Å²) in [7, 11) is 0. The summed E-state index contributed by atoms with van der Waals surface area (Å²) in [6.07, 6.45) is 1.23. The number of nitrogens with zero attached hydrogens (tertiary/aromatic N) is 4. The van der Waals surface area contributed by atoms with Gasteiger partial charge in [0, 0.05) is 30.5 Å². The van der Waals surface area contributed by atoms with E-state index in [-0.39, 0.29) is 24.5 Å². The number of benzene rings is 1. The summed E-state index contributed by atoms with van der Waals surface area (Å²) in [5.41, 5.74) is 6.05. The summed E-state index contributed by atoms with van der Waals surface area (Å²) in [5.74, 6) is -0.106. The van der Waals surface area contributed by atoms with Crippen molar-refractivity contribution in [2.45, 2.75) is 51.7 Å². The number of pyridine rings is 1. The molecule has 0 bridgehead atoms. The Kier molecular flexibility index (Phi) is 5.22. The molecule has 5 rings (SSSR count). The first-order valence-electron chi connectivity index (χ1n) is 11.0. The van der Waals surface area contributed by atoms with Crippen molar-refractivity contribution < 1.29 is 9.59 Å². The van der Waals surface area contributed by atoms with E-state index in [2.05, 4.69) is 45.3 Å². The van der Waals surface area contributed by atoms with E-state index in [1.807, 2.05) is 31.5 Å². The summed E-state index contributed by atoms with van der Waals surface area (Å²) in [6.45, 7) is 7.83. The maximum Gasteiger partial charge on any atom is 0.325 e. The molecule has 4 heterocycles. The molecule has 1 aromatic carbocycles. The molecule has 3 amide bonds. The van der Waals surface area contributed by atoms with Crippen molar-refractivity contribution in [1.82, 2.24) is 25.1 Å². The lowest BCUT2D eigenvalue weighted by molar-refractivity contribution is -0.133. The molecule has 32 heavy (non-hydrogen) atoms. The average Bonchev–Trinajstić information content (AvgIpc) is 3.31. The highest BCUT2D eigenvalue weighted by Crippen LogP contribution is 2.34. The fraction of sp³-hybridized carbons (Fsp3) is 0.417. The third kappa shape index (κ3) is 3.67. The molecular formula is C24H27N5O2S. The third-order valence-corrected chi connectivity index (χ3v) is 7.57. The summed E-state index contributed by atoms with van der Waals surface area (Å²) in [5, 5.41) is 3.03. The van der Waals surface area contributed by atoms with Crippen LogP contribution in [0.1, 0.15) is 48.3 Å². The maximum absolute atomic E-state index is 13.3. The van der Waals surface area contributed by atoms with Crippen LogP contribution in [0, 0.1) is 13.8 Å². The largest absolute Gasteiger partial charge is 0.325 e. The van der Waals surface area contributed by atoms with Gasteiger partial charge in [-0.3, -0.25) is 19.6 Å². The van der Waals surface area contributed by atoms with E-state index < -0.39 is 5.54 Å². The van der Waals surface area contributed by atoms with Crippen LogP contribution < -0.4 is 5.32 Å². The predicted octanol–water partition coefficient (Wildman–Crippen LogP) is 3.96. The van der Waals surface area contributed by atoms with Gasteiger partial charge in [0.15, 0.2) is 0 Å². The van der Waals surface area contributed by atoms with Gasteiger partial charge in [-0.15, -0.1) is 11.3 Å². The SMILES string of the molecule is Cc1cc(CN2C(=O)NC3(CCN([C@H](C)c4ccc5scnc5c4)CC3)C2=O)cc(C)n1. The number of amides is 3. The summed E-state index contributed by atoms with van der Waals surface area (Å²) >= 11 is 1.65. The van der Waals surface area contributed by atoms with Crippen LogP contribution in [0.4, 0.5) is 4.79 Å². The smallest absolute Gasteiger partial charge is 0.323 e. The highest BCUT2D eigenvalue weighted by atomic mass is 32.1. The number of urea groups is 1. The topological polar surface area (TPSA) is 78.4 Å². The molecule has 1 N–H and O–H groups in total. The average molecular weight is 450 g/mol. The van der Waals surface area contributed by atoms with Gasteiger partial charge in [-0.05, 0) is 69.0 Å². The molecule has 0 radical (unpaired) electrons. The van der Waals surface area contributed by atoms with Crippen molar-refractivity contribution in [3.63, 3.8) is 0 Å². The zero-order valence-corrected chi connectivity index (χ0v) is 19.4. The summed E-state index contributed by atoms with van der Waals surface area (Å²) in [4.78, 5) is 38.6. The second-order valence-corrected chi connectivity index (χ2v) is 9.84. The third-order valence-electron chi connectivity index (χ3n) is 6.76. The number of aromatic nitrogens is 2. The van der Waals surface area contributed by atoms with Crippen molar-refractivity contribution >= 4 is 33.5 Å². The molecule has 2 aliphatic heterocycles. The first-order valence-corrected chi connectivity index (χ1v) is 11.9. The first kappa shape index (κ1) is 21.0. The number of imide groups is 1. The monoisotopic (exact) mass is 449 g/mol. The minimum atomic E-state index is -0.788. The number of carbonyl (C=O) groups excluding carboxylic acids is 2. The molecule has 0 saturated carbocycles. The Hall–Kier alpha value is -2.84. The number of nitrogens with one attached hydrogen (secondary N) is 1. The van der Waals surface area contributed by atoms with E-state index in [9.17, 15) is 9.59 Å². The van der Waals surface area contributed by atoms with Crippen LogP contribution in [-0.4, -0.2) is 50.3 Å². The Bertz CT molecular complexity index is 1180. The van der Waals surface area contributed by atoms with Gasteiger partial charge in [-0.1, -0.05) is 6.07 Å². The number of hydrogen-bond donors (Lipinski definition) is 1. The van der Waals surface area contributed by atoms with Gasteiger partial charge in [0.2, 0.25) is 0 Å². The zero-order valence-electron chi connectivity index (χ0n) is 18.6. The molecule has 1 spiro atoms. The zero-order chi connectivity index (χ0) is 22.5. The van der Waals surface area contributed by atoms with Crippen LogP contribution in [0.3, 0.4) is 0 Å². The maximum atomic E-state index is 13.3. The van der Waals surface area contributed by atoms with E-state index in [1.165, 1.54) is 15.2 Å².